The lowest BCUT2D eigenvalue weighted by Gasteiger charge is -2.26. The number of aryl methyl sites for hydroxylation is 1. The van der Waals surface area contributed by atoms with E-state index in [0.29, 0.717) is 11.4 Å². The Kier molecular flexibility index (Phi) is 5.27. The molecule has 1 atom stereocenters. The van der Waals surface area contributed by atoms with Crippen molar-refractivity contribution in [3.63, 3.8) is 0 Å². The van der Waals surface area contributed by atoms with Crippen molar-refractivity contribution in [2.45, 2.75) is 30.8 Å². The van der Waals surface area contributed by atoms with Gasteiger partial charge in [0, 0.05) is 0 Å². The highest BCUT2D eigenvalue weighted by Crippen LogP contribution is 2.30. The highest BCUT2D eigenvalue weighted by Gasteiger charge is 2.47. The number of hydrogen-bond acceptors (Lipinski definition) is 5. The molecule has 2 amide bonds. The summed E-state index contributed by atoms with van der Waals surface area (Å²) in [5, 5.41) is 0. The number of furan rings is 1. The van der Waals surface area contributed by atoms with Crippen LogP contribution < -0.4 is 4.90 Å². The van der Waals surface area contributed by atoms with Crippen LogP contribution in [0.2, 0.25) is 0 Å². The van der Waals surface area contributed by atoms with Gasteiger partial charge in [0.1, 0.15) is 11.8 Å². The fourth-order valence-corrected chi connectivity index (χ4v) is 5.00. The van der Waals surface area contributed by atoms with Gasteiger partial charge in [-0.2, -0.15) is 4.31 Å². The lowest BCUT2D eigenvalue weighted by molar-refractivity contribution is -0.122. The number of carbonyl (C=O) groups excluding carboxylic acids is 2. The molecule has 0 spiro atoms. The molecule has 0 radical (unpaired) electrons. The molecule has 1 aliphatic heterocycles. The largest absolute Gasteiger partial charge is 0.468 e. The maximum Gasteiger partial charge on any atom is 0.252 e. The Labute approximate surface area is 174 Å². The van der Waals surface area contributed by atoms with E-state index in [1.54, 1.807) is 54.6 Å². The molecule has 1 fully saturated rings. The van der Waals surface area contributed by atoms with Gasteiger partial charge in [-0.3, -0.25) is 9.59 Å². The lowest BCUT2D eigenvalue weighted by atomic mass is 10.2. The zero-order valence-corrected chi connectivity index (χ0v) is 17.1. The minimum Gasteiger partial charge on any atom is -0.468 e. The number of nitrogens with zero attached hydrogens (tertiary/aromatic N) is 2. The first kappa shape index (κ1) is 20.1. The monoisotopic (exact) mass is 424 g/mol. The number of para-hydroxylation sites is 1. The van der Waals surface area contributed by atoms with Crippen molar-refractivity contribution in [3.8, 4) is 0 Å². The molecule has 7 nitrogen and oxygen atoms in total. The molecule has 0 bridgehead atoms. The Morgan fingerprint density at radius 2 is 1.70 bits per heavy atom. The summed E-state index contributed by atoms with van der Waals surface area (Å²) in [6.45, 7) is 1.70. The van der Waals surface area contributed by atoms with Gasteiger partial charge in [-0.25, -0.2) is 13.3 Å². The van der Waals surface area contributed by atoms with Crippen molar-refractivity contribution in [2.75, 3.05) is 4.90 Å². The minimum absolute atomic E-state index is 0.0538. The Morgan fingerprint density at radius 1 is 1.00 bits per heavy atom. The molecule has 8 heteroatoms. The zero-order chi connectivity index (χ0) is 21.3. The van der Waals surface area contributed by atoms with Gasteiger partial charge < -0.3 is 4.42 Å². The molecule has 0 N–H and O–H groups in total. The summed E-state index contributed by atoms with van der Waals surface area (Å²) >= 11 is 0. The van der Waals surface area contributed by atoms with Gasteiger partial charge in [-0.05, 0) is 43.3 Å². The van der Waals surface area contributed by atoms with Crippen molar-refractivity contribution in [1.29, 1.82) is 0 Å². The Balaban J connectivity index is 1.74. The van der Waals surface area contributed by atoms with Gasteiger partial charge >= 0.3 is 0 Å². The topological polar surface area (TPSA) is 87.9 Å². The van der Waals surface area contributed by atoms with E-state index in [9.17, 15) is 18.0 Å². The van der Waals surface area contributed by atoms with E-state index in [-0.39, 0.29) is 17.9 Å². The van der Waals surface area contributed by atoms with E-state index in [1.807, 2.05) is 6.92 Å². The number of rotatable bonds is 6. The van der Waals surface area contributed by atoms with Crippen molar-refractivity contribution >= 4 is 27.5 Å². The van der Waals surface area contributed by atoms with E-state index in [4.69, 9.17) is 4.42 Å². The molecule has 0 aliphatic carbocycles. The smallest absolute Gasteiger partial charge is 0.252 e. The number of hydrogen-bond donors (Lipinski definition) is 0. The summed E-state index contributed by atoms with van der Waals surface area (Å²) in [5.41, 5.74) is 1.33. The average Bonchev–Trinajstić information content (AvgIpc) is 3.34. The highest BCUT2D eigenvalue weighted by atomic mass is 32.2. The highest BCUT2D eigenvalue weighted by molar-refractivity contribution is 7.89. The van der Waals surface area contributed by atoms with Crippen LogP contribution in [0.1, 0.15) is 17.7 Å². The molecular formula is C22H20N2O5S. The number of carbonyl (C=O) groups is 2. The van der Waals surface area contributed by atoms with Gasteiger partial charge in [0.15, 0.2) is 0 Å². The molecule has 0 saturated carbocycles. The van der Waals surface area contributed by atoms with Crippen molar-refractivity contribution in [2.24, 2.45) is 0 Å². The van der Waals surface area contributed by atoms with Crippen molar-refractivity contribution in [3.05, 3.63) is 84.3 Å². The van der Waals surface area contributed by atoms with Crippen LogP contribution in [-0.2, 0) is 26.2 Å². The Bertz CT molecular complexity index is 1160. The first-order valence-electron chi connectivity index (χ1n) is 9.40. The molecule has 2 aromatic carbocycles. The SMILES string of the molecule is Cc1ccc(S(=O)(=O)N(Cc2ccco2)C2CC(=O)N(c3ccccc3)C2=O)cc1. The number of benzene rings is 2. The average molecular weight is 424 g/mol. The Hall–Kier alpha value is -3.23. The van der Waals surface area contributed by atoms with Crippen molar-refractivity contribution in [1.82, 2.24) is 4.31 Å². The normalized spacial score (nSPS) is 17.1. The third kappa shape index (κ3) is 3.67. The molecule has 30 heavy (non-hydrogen) atoms. The van der Waals surface area contributed by atoms with E-state index < -0.39 is 27.9 Å². The summed E-state index contributed by atoms with van der Waals surface area (Å²) in [7, 11) is -4.07. The van der Waals surface area contributed by atoms with Crippen LogP contribution in [0.4, 0.5) is 5.69 Å². The van der Waals surface area contributed by atoms with Crippen LogP contribution in [0.25, 0.3) is 0 Å². The summed E-state index contributed by atoms with van der Waals surface area (Å²) in [6, 6.07) is 17.0. The zero-order valence-electron chi connectivity index (χ0n) is 16.3. The molecular weight excluding hydrogens is 404 g/mol. The van der Waals surface area contributed by atoms with Gasteiger partial charge in [0.2, 0.25) is 15.9 Å². The fraction of sp³-hybridized carbons (Fsp3) is 0.182. The van der Waals surface area contributed by atoms with Gasteiger partial charge in [0.25, 0.3) is 5.91 Å². The summed E-state index contributed by atoms with van der Waals surface area (Å²) < 4.78 is 33.3. The van der Waals surface area contributed by atoms with Crippen LogP contribution >= 0.6 is 0 Å². The molecule has 154 valence electrons. The summed E-state index contributed by atoms with van der Waals surface area (Å²) in [4.78, 5) is 27.0. The quantitative estimate of drug-likeness (QED) is 0.568. The van der Waals surface area contributed by atoms with Gasteiger partial charge in [-0.15, -0.1) is 0 Å². The Morgan fingerprint density at radius 3 is 2.33 bits per heavy atom. The van der Waals surface area contributed by atoms with Crippen LogP contribution in [0.15, 0.2) is 82.3 Å². The number of sulfonamides is 1. The second-order valence-electron chi connectivity index (χ2n) is 7.07. The maximum absolute atomic E-state index is 13.5. The minimum atomic E-state index is -4.07. The maximum atomic E-state index is 13.5. The predicted molar refractivity (Wildman–Crippen MR) is 110 cm³/mol. The van der Waals surface area contributed by atoms with Crippen LogP contribution in [0.3, 0.4) is 0 Å². The molecule has 1 unspecified atom stereocenters. The first-order valence-corrected chi connectivity index (χ1v) is 10.8. The molecule has 3 aromatic rings. The van der Waals surface area contributed by atoms with Crippen LogP contribution in [0, 0.1) is 6.92 Å². The number of anilines is 1. The second-order valence-corrected chi connectivity index (χ2v) is 8.96. The summed E-state index contributed by atoms with van der Waals surface area (Å²) in [6.07, 6.45) is 1.20. The predicted octanol–water partition coefficient (Wildman–Crippen LogP) is 3.11. The molecule has 1 aromatic heterocycles. The molecule has 1 aliphatic rings. The standard InChI is InChI=1S/C22H20N2O5S/c1-16-9-11-19(12-10-16)30(27,28)23(15-18-8-5-13-29-18)20-14-21(25)24(22(20)26)17-6-3-2-4-7-17/h2-13,20H,14-15H2,1H3. The third-order valence-corrected chi connectivity index (χ3v) is 6.87. The fourth-order valence-electron chi connectivity index (χ4n) is 3.45. The van der Waals surface area contributed by atoms with E-state index >= 15 is 0 Å². The molecule has 2 heterocycles. The van der Waals surface area contributed by atoms with Crippen LogP contribution in [0.5, 0.6) is 0 Å². The number of imide groups is 1. The van der Waals surface area contributed by atoms with E-state index in [2.05, 4.69) is 0 Å². The van der Waals surface area contributed by atoms with E-state index in [1.165, 1.54) is 18.4 Å². The second kappa shape index (κ2) is 7.89. The lowest BCUT2D eigenvalue weighted by Crippen LogP contribution is -2.45. The van der Waals surface area contributed by atoms with Gasteiger partial charge in [-0.1, -0.05) is 35.9 Å². The molecule has 1 saturated heterocycles. The first-order chi connectivity index (χ1) is 14.4. The van der Waals surface area contributed by atoms with Gasteiger partial charge in [0.05, 0.1) is 29.8 Å². The summed E-state index contributed by atoms with van der Waals surface area (Å²) in [5.74, 6) is -0.641. The van der Waals surface area contributed by atoms with E-state index in [0.717, 1.165) is 14.8 Å². The van der Waals surface area contributed by atoms with Crippen molar-refractivity contribution < 1.29 is 22.4 Å². The third-order valence-electron chi connectivity index (χ3n) is 5.00. The number of amides is 2. The molecule has 4 rings (SSSR count). The van der Waals surface area contributed by atoms with Crippen LogP contribution in [-0.4, -0.2) is 30.6 Å².